The minimum Gasteiger partial charge on any atom is -0.481 e. The quantitative estimate of drug-likeness (QED) is 0.282. The van der Waals surface area contributed by atoms with Gasteiger partial charge in [0.1, 0.15) is 0 Å². The molecule has 0 bridgehead atoms. The maximum atomic E-state index is 11.7. The second kappa shape index (κ2) is 17.8. The standard InChI is InChI=1S/C15H27NO5S6/c1-20-8-9-21-7-5-13(17)16-6-3-2-4-12(14(18)19)15-26-24-10-22-23-11-25-27-15/h12,15H,2-11H2,1H3,(H,16,17)(H,18,19)/t12-/m0/s1. The summed E-state index contributed by atoms with van der Waals surface area (Å²) in [5.41, 5.74) is 0. The maximum Gasteiger partial charge on any atom is 0.308 e. The van der Waals surface area contributed by atoms with Crippen molar-refractivity contribution in [2.45, 2.75) is 30.3 Å². The van der Waals surface area contributed by atoms with Crippen LogP contribution in [0.5, 0.6) is 0 Å². The average molecular weight is 494 g/mol. The van der Waals surface area contributed by atoms with Crippen LogP contribution in [0.25, 0.3) is 0 Å². The number of unbranched alkanes of at least 4 members (excludes halogenated alkanes) is 1. The van der Waals surface area contributed by atoms with Crippen molar-refractivity contribution in [1.29, 1.82) is 0 Å². The molecule has 0 unspecified atom stereocenters. The van der Waals surface area contributed by atoms with Gasteiger partial charge in [-0.3, -0.25) is 9.59 Å². The Hall–Kier alpha value is 0.960. The monoisotopic (exact) mass is 493 g/mol. The molecule has 1 amide bonds. The van der Waals surface area contributed by atoms with Gasteiger partial charge in [-0.15, -0.1) is 0 Å². The van der Waals surface area contributed by atoms with E-state index >= 15 is 0 Å². The molecule has 0 spiro atoms. The molecule has 27 heavy (non-hydrogen) atoms. The highest BCUT2D eigenvalue weighted by Gasteiger charge is 2.29. The van der Waals surface area contributed by atoms with E-state index in [0.29, 0.717) is 39.2 Å². The molecule has 12 heteroatoms. The van der Waals surface area contributed by atoms with E-state index in [1.54, 1.807) is 50.3 Å². The molecule has 1 aliphatic rings. The van der Waals surface area contributed by atoms with E-state index < -0.39 is 5.97 Å². The fourth-order valence-corrected chi connectivity index (χ4v) is 13.3. The smallest absolute Gasteiger partial charge is 0.308 e. The van der Waals surface area contributed by atoms with E-state index in [4.69, 9.17) is 9.47 Å². The number of carbonyl (C=O) groups excluding carboxylic acids is 1. The highest BCUT2D eigenvalue weighted by atomic mass is 33.2. The molecule has 158 valence electrons. The molecule has 1 heterocycles. The van der Waals surface area contributed by atoms with Crippen LogP contribution in [-0.2, 0) is 19.1 Å². The molecule has 0 saturated carbocycles. The Morgan fingerprint density at radius 2 is 1.78 bits per heavy atom. The van der Waals surface area contributed by atoms with Gasteiger partial charge in [0.25, 0.3) is 0 Å². The Kier molecular flexibility index (Phi) is 17.1. The Morgan fingerprint density at radius 3 is 2.41 bits per heavy atom. The SMILES string of the molecule is COCCOCCC(=O)NCCCC[C@@H](C(=O)O)C1SSCSSCSS1. The molecule has 0 aromatic rings. The lowest BCUT2D eigenvalue weighted by molar-refractivity contribution is -0.141. The molecule has 0 aliphatic carbocycles. The van der Waals surface area contributed by atoms with Crippen LogP contribution in [0.3, 0.4) is 0 Å². The molecule has 1 aliphatic heterocycles. The first-order valence-electron chi connectivity index (χ1n) is 8.52. The topological polar surface area (TPSA) is 84.9 Å². The van der Waals surface area contributed by atoms with Gasteiger partial charge in [-0.05, 0) is 12.8 Å². The molecular formula is C15H27NO5S6. The number of nitrogens with one attached hydrogen (secondary N) is 1. The van der Waals surface area contributed by atoms with Crippen molar-refractivity contribution in [1.82, 2.24) is 5.32 Å². The number of methoxy groups -OCH3 is 1. The number of aliphatic carboxylic acids is 1. The third-order valence-electron chi connectivity index (χ3n) is 3.42. The van der Waals surface area contributed by atoms with Gasteiger partial charge in [0.05, 0.1) is 40.5 Å². The Bertz CT molecular complexity index is 410. The first kappa shape index (κ1) is 26.0. The van der Waals surface area contributed by atoms with E-state index in [9.17, 15) is 14.7 Å². The molecule has 0 aromatic heterocycles. The summed E-state index contributed by atoms with van der Waals surface area (Å²) in [5, 5.41) is 14.4. The summed E-state index contributed by atoms with van der Waals surface area (Å²) < 4.78 is 10.2. The molecule has 1 fully saturated rings. The third-order valence-corrected chi connectivity index (χ3v) is 13.8. The van der Waals surface area contributed by atoms with Crippen molar-refractivity contribution in [3.63, 3.8) is 0 Å². The van der Waals surface area contributed by atoms with Crippen molar-refractivity contribution in [2.75, 3.05) is 43.6 Å². The number of carboxylic acid groups (broad SMARTS) is 1. The molecule has 0 radical (unpaired) electrons. The predicted octanol–water partition coefficient (Wildman–Crippen LogP) is 4.43. The molecule has 6 nitrogen and oxygen atoms in total. The Morgan fingerprint density at radius 1 is 1.07 bits per heavy atom. The number of carboxylic acids is 1. The van der Waals surface area contributed by atoms with Crippen molar-refractivity contribution < 1.29 is 24.2 Å². The summed E-state index contributed by atoms with van der Waals surface area (Å²) in [6, 6.07) is 0. The van der Waals surface area contributed by atoms with Crippen LogP contribution in [0.2, 0.25) is 0 Å². The number of amides is 1. The molecule has 0 aromatic carbocycles. The first-order valence-corrected chi connectivity index (χ1v) is 15.8. The van der Waals surface area contributed by atoms with Crippen LogP contribution < -0.4 is 5.32 Å². The van der Waals surface area contributed by atoms with E-state index in [2.05, 4.69) is 5.32 Å². The maximum absolute atomic E-state index is 11.7. The summed E-state index contributed by atoms with van der Waals surface area (Å²) in [6.07, 6.45) is 2.55. The van der Waals surface area contributed by atoms with Gasteiger partial charge in [0, 0.05) is 20.1 Å². The van der Waals surface area contributed by atoms with Gasteiger partial charge in [-0.1, -0.05) is 71.2 Å². The molecule has 1 saturated heterocycles. The van der Waals surface area contributed by atoms with E-state index in [1.165, 1.54) is 0 Å². The van der Waals surface area contributed by atoms with E-state index in [0.717, 1.165) is 23.0 Å². The van der Waals surface area contributed by atoms with Gasteiger partial charge in [0.15, 0.2) is 0 Å². The zero-order valence-electron chi connectivity index (χ0n) is 15.3. The van der Waals surface area contributed by atoms with Crippen LogP contribution in [0.15, 0.2) is 0 Å². The van der Waals surface area contributed by atoms with Crippen molar-refractivity contribution in [3.8, 4) is 0 Å². The molecule has 1 rings (SSSR count). The third kappa shape index (κ3) is 13.7. The van der Waals surface area contributed by atoms with Gasteiger partial charge >= 0.3 is 5.97 Å². The number of ether oxygens (including phenoxy) is 2. The number of rotatable bonds is 13. The van der Waals surface area contributed by atoms with Gasteiger partial charge < -0.3 is 19.9 Å². The van der Waals surface area contributed by atoms with Crippen molar-refractivity contribution in [2.24, 2.45) is 5.92 Å². The largest absolute Gasteiger partial charge is 0.481 e. The van der Waals surface area contributed by atoms with Crippen LogP contribution in [-0.4, -0.2) is 65.2 Å². The van der Waals surface area contributed by atoms with E-state index in [1.807, 2.05) is 21.6 Å². The summed E-state index contributed by atoms with van der Waals surface area (Å²) in [7, 11) is 12.1. The minimum atomic E-state index is -0.724. The Balaban J connectivity index is 2.18. The number of hydrogen-bond acceptors (Lipinski definition) is 10. The predicted molar refractivity (Wildman–Crippen MR) is 124 cm³/mol. The summed E-state index contributed by atoms with van der Waals surface area (Å²) in [4.78, 5) is 23.4. The van der Waals surface area contributed by atoms with Gasteiger partial charge in [-0.2, -0.15) is 0 Å². The fourth-order valence-electron chi connectivity index (χ4n) is 2.04. The van der Waals surface area contributed by atoms with Crippen molar-refractivity contribution >= 4 is 76.6 Å². The lowest BCUT2D eigenvalue weighted by atomic mass is 10.0. The summed E-state index contributed by atoms with van der Waals surface area (Å²) in [6.45, 7) is 1.98. The second-order valence-corrected chi connectivity index (χ2v) is 13.9. The molecular weight excluding hydrogens is 467 g/mol. The molecule has 2 N–H and O–H groups in total. The number of carbonyl (C=O) groups is 2. The van der Waals surface area contributed by atoms with Gasteiger partial charge in [-0.25, -0.2) is 0 Å². The van der Waals surface area contributed by atoms with Crippen LogP contribution >= 0.6 is 64.8 Å². The van der Waals surface area contributed by atoms with Crippen LogP contribution in [0, 0.1) is 5.92 Å². The zero-order chi connectivity index (χ0) is 19.7. The lowest BCUT2D eigenvalue weighted by Crippen LogP contribution is -2.26. The summed E-state index contributed by atoms with van der Waals surface area (Å²) in [5.74, 6) is -1.12. The fraction of sp³-hybridized carbons (Fsp3) is 0.867. The molecule has 1 atom stereocenters. The van der Waals surface area contributed by atoms with Crippen LogP contribution in [0.4, 0.5) is 0 Å². The van der Waals surface area contributed by atoms with Crippen molar-refractivity contribution in [3.05, 3.63) is 0 Å². The minimum absolute atomic E-state index is 0.0348. The second-order valence-electron chi connectivity index (χ2n) is 5.41. The van der Waals surface area contributed by atoms with Gasteiger partial charge in [0.2, 0.25) is 5.91 Å². The average Bonchev–Trinajstić information content (AvgIpc) is 2.78. The number of hydrogen-bond donors (Lipinski definition) is 2. The van der Waals surface area contributed by atoms with Crippen LogP contribution in [0.1, 0.15) is 25.7 Å². The lowest BCUT2D eigenvalue weighted by Gasteiger charge is -2.21. The van der Waals surface area contributed by atoms with E-state index in [-0.39, 0.29) is 16.4 Å². The normalized spacial score (nSPS) is 17.5. The highest BCUT2D eigenvalue weighted by molar-refractivity contribution is 8.92. The highest BCUT2D eigenvalue weighted by Crippen LogP contribution is 2.50. The zero-order valence-corrected chi connectivity index (χ0v) is 20.2. The Labute approximate surface area is 185 Å². The first-order chi connectivity index (χ1) is 13.1. The summed E-state index contributed by atoms with van der Waals surface area (Å²) >= 11 is 0.